The van der Waals surface area contributed by atoms with Crippen LogP contribution >= 0.6 is 0 Å². The van der Waals surface area contributed by atoms with Gasteiger partial charge in [0.1, 0.15) is 6.04 Å². The lowest BCUT2D eigenvalue weighted by atomic mass is 9.92. The first-order valence-electron chi connectivity index (χ1n) is 12.1. The monoisotopic (exact) mass is 594 g/mol. The van der Waals surface area contributed by atoms with Crippen molar-refractivity contribution in [2.75, 3.05) is 17.7 Å². The van der Waals surface area contributed by atoms with E-state index in [9.17, 15) is 49.5 Å². The number of anilines is 1. The van der Waals surface area contributed by atoms with Gasteiger partial charge in [0.2, 0.25) is 0 Å². The van der Waals surface area contributed by atoms with Crippen LogP contribution in [-0.2, 0) is 31.5 Å². The van der Waals surface area contributed by atoms with Gasteiger partial charge in [0, 0.05) is 11.3 Å². The second-order valence-electron chi connectivity index (χ2n) is 9.59. The summed E-state index contributed by atoms with van der Waals surface area (Å²) in [6.45, 7) is 1.31. The van der Waals surface area contributed by atoms with E-state index in [0.29, 0.717) is 17.7 Å². The maximum Gasteiger partial charge on any atom is 0.430 e. The number of hydrogen-bond acceptors (Lipinski definition) is 6. The average Bonchev–Trinajstić information content (AvgIpc) is 3.57. The van der Waals surface area contributed by atoms with Crippen molar-refractivity contribution in [3.63, 3.8) is 0 Å². The third kappa shape index (κ3) is 5.48. The number of amides is 2. The van der Waals surface area contributed by atoms with Crippen molar-refractivity contribution >= 4 is 27.5 Å². The number of aliphatic hydroxyl groups is 1. The largest absolute Gasteiger partial charge is 0.450 e. The molecule has 0 radical (unpaired) electrons. The van der Waals surface area contributed by atoms with E-state index >= 15 is 0 Å². The third-order valence-electron chi connectivity index (χ3n) is 6.71. The van der Waals surface area contributed by atoms with Gasteiger partial charge in [-0.3, -0.25) is 9.69 Å². The first kappa shape index (κ1) is 29.6. The Kier molecular flexibility index (Phi) is 7.60. The van der Waals surface area contributed by atoms with E-state index in [1.165, 1.54) is 25.1 Å². The lowest BCUT2D eigenvalue weighted by molar-refractivity contribution is -0.376. The molecule has 2 amide bonds. The summed E-state index contributed by atoms with van der Waals surface area (Å²) in [6, 6.07) is 4.97. The van der Waals surface area contributed by atoms with Crippen molar-refractivity contribution in [3.8, 4) is 0 Å². The molecule has 218 valence electrons. The van der Waals surface area contributed by atoms with Gasteiger partial charge in [-0.25, -0.2) is 13.2 Å². The van der Waals surface area contributed by atoms with Crippen molar-refractivity contribution in [2.24, 2.45) is 5.92 Å². The summed E-state index contributed by atoms with van der Waals surface area (Å²) >= 11 is 0. The van der Waals surface area contributed by atoms with Gasteiger partial charge in [-0.15, -0.1) is 0 Å². The highest BCUT2D eigenvalue weighted by Crippen LogP contribution is 2.50. The number of alkyl halides is 6. The van der Waals surface area contributed by atoms with Crippen LogP contribution in [0.1, 0.15) is 42.5 Å². The second-order valence-corrected chi connectivity index (χ2v) is 11.6. The molecule has 1 atom stereocenters. The van der Waals surface area contributed by atoms with Crippen LogP contribution in [-0.4, -0.2) is 55.1 Å². The quantitative estimate of drug-likeness (QED) is 0.444. The van der Waals surface area contributed by atoms with Gasteiger partial charge in [-0.1, -0.05) is 18.2 Å². The van der Waals surface area contributed by atoms with Gasteiger partial charge >= 0.3 is 18.4 Å². The van der Waals surface area contributed by atoms with Crippen LogP contribution in [0.25, 0.3) is 0 Å². The molecule has 0 spiro atoms. The molecule has 2 aromatic rings. The minimum atomic E-state index is -6.07. The zero-order valence-corrected chi connectivity index (χ0v) is 21.7. The number of ether oxygens (including phenoxy) is 1. The van der Waals surface area contributed by atoms with Gasteiger partial charge in [-0.2, -0.15) is 26.3 Å². The van der Waals surface area contributed by atoms with Crippen molar-refractivity contribution < 1.29 is 54.2 Å². The fraction of sp³-hybridized carbons (Fsp3) is 0.440. The molecular formula is C25H24F6N2O6S. The van der Waals surface area contributed by atoms with E-state index in [1.807, 2.05) is 0 Å². The van der Waals surface area contributed by atoms with E-state index < -0.39 is 51.4 Å². The number of sulfone groups is 1. The highest BCUT2D eigenvalue weighted by molar-refractivity contribution is 7.91. The Morgan fingerprint density at radius 2 is 1.62 bits per heavy atom. The maximum absolute atomic E-state index is 13.2. The number of fused-ring (bicyclic) bond motifs is 1. The van der Waals surface area contributed by atoms with Crippen molar-refractivity contribution in [3.05, 3.63) is 59.2 Å². The van der Waals surface area contributed by atoms with Crippen LogP contribution in [0, 0.1) is 5.92 Å². The molecule has 1 aliphatic heterocycles. The van der Waals surface area contributed by atoms with Crippen LogP contribution < -0.4 is 5.32 Å². The van der Waals surface area contributed by atoms with Crippen LogP contribution in [0.3, 0.4) is 0 Å². The van der Waals surface area contributed by atoms with Gasteiger partial charge in [0.25, 0.3) is 11.5 Å². The summed E-state index contributed by atoms with van der Waals surface area (Å²) in [5, 5.41) is 11.9. The molecule has 4 rings (SSSR count). The highest BCUT2D eigenvalue weighted by atomic mass is 32.2. The molecule has 2 N–H and O–H groups in total. The van der Waals surface area contributed by atoms with Crippen LogP contribution in [0.2, 0.25) is 0 Å². The first-order chi connectivity index (χ1) is 18.5. The molecule has 0 aromatic heterocycles. The van der Waals surface area contributed by atoms with Gasteiger partial charge in [-0.05, 0) is 61.1 Å². The Hall–Kier alpha value is -3.33. The molecule has 1 saturated carbocycles. The fourth-order valence-corrected chi connectivity index (χ4v) is 6.21. The number of nitrogens with one attached hydrogen (secondary N) is 1. The Labute approximate surface area is 224 Å². The summed E-state index contributed by atoms with van der Waals surface area (Å²) in [4.78, 5) is 26.9. The second kappa shape index (κ2) is 10.3. The molecule has 1 unspecified atom stereocenters. The number of carbonyl (C=O) groups is 2. The average molecular weight is 595 g/mol. The smallest absolute Gasteiger partial charge is 0.430 e. The van der Waals surface area contributed by atoms with Crippen molar-refractivity contribution in [2.45, 2.75) is 55.2 Å². The maximum atomic E-state index is 13.2. The number of hydrogen-bond donors (Lipinski definition) is 2. The molecule has 8 nitrogen and oxygen atoms in total. The molecule has 1 aliphatic carbocycles. The highest BCUT2D eigenvalue weighted by Gasteiger charge is 2.71. The lowest BCUT2D eigenvalue weighted by Crippen LogP contribution is -2.53. The van der Waals surface area contributed by atoms with Crippen LogP contribution in [0.15, 0.2) is 47.4 Å². The Morgan fingerprint density at radius 3 is 2.15 bits per heavy atom. The molecule has 40 heavy (non-hydrogen) atoms. The zero-order valence-electron chi connectivity index (χ0n) is 20.8. The predicted octanol–water partition coefficient (Wildman–Crippen LogP) is 4.83. The normalized spacial score (nSPS) is 17.9. The number of halogens is 6. The topological polar surface area (TPSA) is 113 Å². The molecule has 2 aromatic carbocycles. The van der Waals surface area contributed by atoms with E-state index in [1.54, 1.807) is 0 Å². The molecule has 15 heteroatoms. The summed E-state index contributed by atoms with van der Waals surface area (Å²) in [5.74, 6) is -0.817. The van der Waals surface area contributed by atoms with Gasteiger partial charge < -0.3 is 15.2 Å². The van der Waals surface area contributed by atoms with Gasteiger partial charge in [0.05, 0.1) is 23.8 Å². The van der Waals surface area contributed by atoms with Crippen molar-refractivity contribution in [1.29, 1.82) is 0 Å². The zero-order chi connectivity index (χ0) is 29.7. The van der Waals surface area contributed by atoms with Gasteiger partial charge in [0.15, 0.2) is 9.84 Å². The standard InChI is InChI=1S/C25H24F6N2O6S/c1-2-39-22(35)33-12-15-11-18(40(37,38)13-14-3-4-14)9-10-19(15)20(33)21(34)32-17-7-5-16(6-8-17)23(36,24(26,27)28)25(29,30)31/h5-11,14,20,36H,2-4,12-13H2,1H3,(H,32,34). The molecule has 1 fully saturated rings. The molecule has 0 saturated heterocycles. The SMILES string of the molecule is CCOC(=O)N1Cc2cc(S(=O)(=O)CC3CC3)ccc2C1C(=O)Nc1ccc(C(O)(C(F)(F)F)C(F)(F)F)cc1. The summed E-state index contributed by atoms with van der Waals surface area (Å²) in [7, 11) is -3.61. The van der Waals surface area contributed by atoms with E-state index in [2.05, 4.69) is 5.32 Å². The van der Waals surface area contributed by atoms with E-state index in [0.717, 1.165) is 29.9 Å². The number of benzene rings is 2. The van der Waals surface area contributed by atoms with Crippen molar-refractivity contribution in [1.82, 2.24) is 4.90 Å². The third-order valence-corrected chi connectivity index (χ3v) is 8.60. The number of rotatable bonds is 7. The Balaban J connectivity index is 1.62. The number of carbonyl (C=O) groups excluding carboxylic acids is 2. The molecule has 0 bridgehead atoms. The minimum absolute atomic E-state index is 0.0227. The van der Waals surface area contributed by atoms with Crippen LogP contribution in [0.5, 0.6) is 0 Å². The van der Waals surface area contributed by atoms with E-state index in [4.69, 9.17) is 4.74 Å². The van der Waals surface area contributed by atoms with E-state index in [-0.39, 0.29) is 41.0 Å². The summed E-state index contributed by atoms with van der Waals surface area (Å²) < 4.78 is 109. The predicted molar refractivity (Wildman–Crippen MR) is 128 cm³/mol. The Bertz CT molecular complexity index is 1390. The molecular weight excluding hydrogens is 570 g/mol. The minimum Gasteiger partial charge on any atom is -0.450 e. The Morgan fingerprint density at radius 1 is 1.02 bits per heavy atom. The first-order valence-corrected chi connectivity index (χ1v) is 13.7. The number of nitrogens with zero attached hydrogens (tertiary/aromatic N) is 1. The van der Waals surface area contributed by atoms with Crippen LogP contribution in [0.4, 0.5) is 36.8 Å². The summed E-state index contributed by atoms with van der Waals surface area (Å²) in [5.41, 5.74) is -6.23. The summed E-state index contributed by atoms with van der Waals surface area (Å²) in [6.07, 6.45) is -11.4. The molecule has 2 aliphatic rings. The lowest BCUT2D eigenvalue weighted by Gasteiger charge is -2.32. The molecule has 1 heterocycles. The fourth-order valence-electron chi connectivity index (χ4n) is 4.47.